The minimum Gasteiger partial charge on any atom is -0.450 e. The van der Waals surface area contributed by atoms with Gasteiger partial charge >= 0.3 is 6.09 Å². The number of anilines is 1. The van der Waals surface area contributed by atoms with E-state index in [1.807, 2.05) is 0 Å². The van der Waals surface area contributed by atoms with Crippen LogP contribution in [0.15, 0.2) is 0 Å². The van der Waals surface area contributed by atoms with E-state index in [0.29, 0.717) is 16.5 Å². The van der Waals surface area contributed by atoms with E-state index in [1.54, 1.807) is 6.92 Å². The highest BCUT2D eigenvalue weighted by atomic mass is 32.1. The number of carbonyl (C=O) groups is 3. The lowest BCUT2D eigenvalue weighted by Crippen LogP contribution is -2.32. The van der Waals surface area contributed by atoms with Crippen molar-refractivity contribution in [2.75, 3.05) is 11.9 Å². The monoisotopic (exact) mass is 350 g/mol. The summed E-state index contributed by atoms with van der Waals surface area (Å²) in [5.41, 5.74) is 1.40. The second kappa shape index (κ2) is 6.93. The molecular weight excluding hydrogens is 328 g/mol. The summed E-state index contributed by atoms with van der Waals surface area (Å²) in [5.74, 6) is 0.0894. The maximum Gasteiger partial charge on any atom is 0.414 e. The Labute approximate surface area is 145 Å². The zero-order chi connectivity index (χ0) is 17.3. The van der Waals surface area contributed by atoms with Crippen molar-refractivity contribution < 1.29 is 19.1 Å². The Kier molecular flexibility index (Phi) is 4.89. The molecule has 6 nitrogen and oxygen atoms in total. The molecule has 1 aromatic heterocycles. The van der Waals surface area contributed by atoms with Gasteiger partial charge in [-0.05, 0) is 50.5 Å². The predicted octanol–water partition coefficient (Wildman–Crippen LogP) is 3.11. The first-order valence-corrected chi connectivity index (χ1v) is 9.24. The van der Waals surface area contributed by atoms with Crippen molar-refractivity contribution in [2.45, 2.75) is 46.0 Å². The lowest BCUT2D eigenvalue weighted by Gasteiger charge is -2.18. The topological polar surface area (TPSA) is 84.5 Å². The standard InChI is InChI=1S/C17H22N2O4S/c1-3-23-17(22)19-15(21)13-11-7-4-9(2)8-12(11)24-16(13)18-14(20)10-5-6-10/h9-10H,3-8H2,1-2H3,(H,18,20)(H,19,21,22)/t9-/m1/s1. The van der Waals surface area contributed by atoms with Crippen LogP contribution in [0.3, 0.4) is 0 Å². The van der Waals surface area contributed by atoms with Crippen LogP contribution in [0.4, 0.5) is 9.80 Å². The van der Waals surface area contributed by atoms with Crippen LogP contribution in [-0.4, -0.2) is 24.5 Å². The van der Waals surface area contributed by atoms with Crippen LogP contribution < -0.4 is 10.6 Å². The molecule has 2 N–H and O–H groups in total. The van der Waals surface area contributed by atoms with Crippen LogP contribution >= 0.6 is 11.3 Å². The number of ether oxygens (including phenoxy) is 1. The molecule has 1 heterocycles. The number of imide groups is 1. The number of thiophene rings is 1. The molecule has 0 unspecified atom stereocenters. The highest BCUT2D eigenvalue weighted by Crippen LogP contribution is 2.40. The Morgan fingerprint density at radius 1 is 1.25 bits per heavy atom. The number of carbonyl (C=O) groups excluding carboxylic acids is 3. The van der Waals surface area contributed by atoms with E-state index < -0.39 is 12.0 Å². The molecule has 1 fully saturated rings. The van der Waals surface area contributed by atoms with Crippen LogP contribution in [0.5, 0.6) is 0 Å². The fourth-order valence-electron chi connectivity index (χ4n) is 2.96. The van der Waals surface area contributed by atoms with Crippen molar-refractivity contribution in [3.8, 4) is 0 Å². The molecule has 0 spiro atoms. The van der Waals surface area contributed by atoms with Crippen LogP contribution in [0.25, 0.3) is 0 Å². The van der Waals surface area contributed by atoms with Gasteiger partial charge in [-0.15, -0.1) is 11.3 Å². The molecule has 2 aliphatic carbocycles. The number of rotatable bonds is 4. The van der Waals surface area contributed by atoms with E-state index in [0.717, 1.165) is 42.5 Å². The van der Waals surface area contributed by atoms with Gasteiger partial charge in [0.1, 0.15) is 5.00 Å². The molecule has 1 atom stereocenters. The lowest BCUT2D eigenvalue weighted by atomic mass is 9.88. The van der Waals surface area contributed by atoms with Gasteiger partial charge in [0.05, 0.1) is 12.2 Å². The Morgan fingerprint density at radius 3 is 2.67 bits per heavy atom. The van der Waals surface area contributed by atoms with Crippen molar-refractivity contribution in [1.29, 1.82) is 0 Å². The fraction of sp³-hybridized carbons (Fsp3) is 0.588. The van der Waals surface area contributed by atoms with Gasteiger partial charge in [0.2, 0.25) is 5.91 Å². The SMILES string of the molecule is CCOC(=O)NC(=O)c1c(NC(=O)C2CC2)sc2c1CC[C@@H](C)C2. The smallest absolute Gasteiger partial charge is 0.414 e. The molecule has 2 aliphatic rings. The Hall–Kier alpha value is -1.89. The third-order valence-corrected chi connectivity index (χ3v) is 5.58. The molecule has 3 amide bonds. The number of fused-ring (bicyclic) bond motifs is 1. The normalized spacial score (nSPS) is 19.3. The first kappa shape index (κ1) is 17.0. The van der Waals surface area contributed by atoms with Gasteiger partial charge < -0.3 is 10.1 Å². The Morgan fingerprint density at radius 2 is 2.00 bits per heavy atom. The summed E-state index contributed by atoms with van der Waals surface area (Å²) in [6.07, 6.45) is 3.73. The fourth-order valence-corrected chi connectivity index (χ4v) is 4.37. The summed E-state index contributed by atoms with van der Waals surface area (Å²) in [6, 6.07) is 0. The molecule has 0 aromatic carbocycles. The summed E-state index contributed by atoms with van der Waals surface area (Å²) in [7, 11) is 0. The Bertz CT molecular complexity index is 678. The summed E-state index contributed by atoms with van der Waals surface area (Å²) < 4.78 is 4.79. The molecule has 0 bridgehead atoms. The summed E-state index contributed by atoms with van der Waals surface area (Å²) >= 11 is 1.46. The van der Waals surface area contributed by atoms with Gasteiger partial charge in [-0.1, -0.05) is 6.92 Å². The van der Waals surface area contributed by atoms with Crippen LogP contribution in [0.2, 0.25) is 0 Å². The molecule has 0 radical (unpaired) electrons. The number of hydrogen-bond donors (Lipinski definition) is 2. The van der Waals surface area contributed by atoms with E-state index in [2.05, 4.69) is 17.6 Å². The molecule has 1 aromatic rings. The van der Waals surface area contributed by atoms with E-state index in [-0.39, 0.29) is 18.4 Å². The second-order valence-corrected chi connectivity index (χ2v) is 7.60. The minimum atomic E-state index is -0.758. The third kappa shape index (κ3) is 3.61. The lowest BCUT2D eigenvalue weighted by molar-refractivity contribution is -0.117. The van der Waals surface area contributed by atoms with Crippen molar-refractivity contribution in [3.63, 3.8) is 0 Å². The number of amides is 3. The predicted molar refractivity (Wildman–Crippen MR) is 91.3 cm³/mol. The van der Waals surface area contributed by atoms with E-state index >= 15 is 0 Å². The van der Waals surface area contributed by atoms with E-state index in [1.165, 1.54) is 11.3 Å². The molecule has 0 aliphatic heterocycles. The maximum absolute atomic E-state index is 12.6. The first-order valence-electron chi connectivity index (χ1n) is 8.43. The van der Waals surface area contributed by atoms with Crippen molar-refractivity contribution in [1.82, 2.24) is 5.32 Å². The van der Waals surface area contributed by atoms with Gasteiger partial charge in [-0.3, -0.25) is 14.9 Å². The highest BCUT2D eigenvalue weighted by molar-refractivity contribution is 7.17. The molecule has 3 rings (SSSR count). The summed E-state index contributed by atoms with van der Waals surface area (Å²) in [5, 5.41) is 5.72. The zero-order valence-corrected chi connectivity index (χ0v) is 14.8. The van der Waals surface area contributed by atoms with Crippen LogP contribution in [0.1, 0.15) is 53.9 Å². The minimum absolute atomic E-state index is 0.0353. The molecule has 7 heteroatoms. The molecule has 0 saturated heterocycles. The van der Waals surface area contributed by atoms with Crippen molar-refractivity contribution in [3.05, 3.63) is 16.0 Å². The van der Waals surface area contributed by atoms with Crippen molar-refractivity contribution >= 4 is 34.2 Å². The zero-order valence-electron chi connectivity index (χ0n) is 13.9. The van der Waals surface area contributed by atoms with Gasteiger partial charge in [-0.2, -0.15) is 0 Å². The average Bonchev–Trinajstić information content (AvgIpc) is 3.29. The van der Waals surface area contributed by atoms with E-state index in [9.17, 15) is 14.4 Å². The van der Waals surface area contributed by atoms with Gasteiger partial charge in [0.15, 0.2) is 0 Å². The van der Waals surface area contributed by atoms with Crippen molar-refractivity contribution in [2.24, 2.45) is 11.8 Å². The average molecular weight is 350 g/mol. The summed E-state index contributed by atoms with van der Waals surface area (Å²) in [6.45, 7) is 4.06. The van der Waals surface area contributed by atoms with Crippen LogP contribution in [0, 0.1) is 11.8 Å². The number of alkyl carbamates (subject to hydrolysis) is 1. The van der Waals surface area contributed by atoms with Crippen LogP contribution in [-0.2, 0) is 22.4 Å². The molecule has 130 valence electrons. The maximum atomic E-state index is 12.6. The largest absolute Gasteiger partial charge is 0.450 e. The highest BCUT2D eigenvalue weighted by Gasteiger charge is 2.33. The number of hydrogen-bond acceptors (Lipinski definition) is 5. The number of nitrogens with one attached hydrogen (secondary N) is 2. The Balaban J connectivity index is 1.87. The third-order valence-electron chi connectivity index (χ3n) is 4.41. The molecule has 1 saturated carbocycles. The second-order valence-electron chi connectivity index (χ2n) is 6.49. The van der Waals surface area contributed by atoms with E-state index in [4.69, 9.17) is 4.74 Å². The first-order chi connectivity index (χ1) is 11.5. The van der Waals surface area contributed by atoms with Gasteiger partial charge in [-0.25, -0.2) is 4.79 Å². The quantitative estimate of drug-likeness (QED) is 0.874. The molecule has 24 heavy (non-hydrogen) atoms. The van der Waals surface area contributed by atoms with Gasteiger partial charge in [0.25, 0.3) is 5.91 Å². The molecular formula is C17H22N2O4S. The van der Waals surface area contributed by atoms with Gasteiger partial charge in [0, 0.05) is 10.8 Å². The summed E-state index contributed by atoms with van der Waals surface area (Å²) in [4.78, 5) is 37.4.